The van der Waals surface area contributed by atoms with Crippen LogP contribution < -0.4 is 9.80 Å². The van der Waals surface area contributed by atoms with E-state index in [1.807, 2.05) is 42.5 Å². The molecule has 0 aliphatic carbocycles. The molecule has 0 saturated heterocycles. The molecule has 0 unspecified atom stereocenters. The Bertz CT molecular complexity index is 2540. The first-order chi connectivity index (χ1) is 27.2. The zero-order chi connectivity index (χ0) is 38.8. The molecule has 2 aromatic heterocycles. The maximum atomic E-state index is 5.22. The van der Waals surface area contributed by atoms with E-state index in [4.69, 9.17) is 15.0 Å². The molecule has 0 fully saturated rings. The van der Waals surface area contributed by atoms with Gasteiger partial charge in [-0.1, -0.05) is 114 Å². The zero-order valence-electron chi connectivity index (χ0n) is 32.7. The second-order valence-electron chi connectivity index (χ2n) is 14.5. The summed E-state index contributed by atoms with van der Waals surface area (Å²) in [6, 6.07) is 50.8. The lowest BCUT2D eigenvalue weighted by molar-refractivity contribution is 1.07. The van der Waals surface area contributed by atoms with Crippen LogP contribution in [-0.2, 0) is 0 Å². The van der Waals surface area contributed by atoms with Gasteiger partial charge in [0.15, 0.2) is 5.82 Å². The molecule has 0 saturated carbocycles. The fraction of sp³-hybridized carbons (Fsp3) is 0.120. The second-order valence-corrected chi connectivity index (χ2v) is 14.5. The highest BCUT2D eigenvalue weighted by molar-refractivity contribution is 5.86. The summed E-state index contributed by atoms with van der Waals surface area (Å²) in [5.74, 6) is 2.01. The van der Waals surface area contributed by atoms with Crippen LogP contribution in [0.4, 0.5) is 34.4 Å². The Kier molecular flexibility index (Phi) is 9.95. The lowest BCUT2D eigenvalue weighted by atomic mass is 9.98. The Morgan fingerprint density at radius 2 is 0.929 bits per heavy atom. The molecule has 6 nitrogen and oxygen atoms in total. The minimum absolute atomic E-state index is 0.626. The average molecular weight is 729 g/mol. The van der Waals surface area contributed by atoms with Gasteiger partial charge in [0.25, 0.3) is 0 Å². The van der Waals surface area contributed by atoms with Crippen molar-refractivity contribution in [3.63, 3.8) is 0 Å². The molecule has 2 heterocycles. The van der Waals surface area contributed by atoms with E-state index in [2.05, 4.69) is 159 Å². The molecular weight excluding hydrogens is 685 g/mol. The third kappa shape index (κ3) is 7.29. The number of aromatic nitrogens is 4. The van der Waals surface area contributed by atoms with Crippen molar-refractivity contribution in [1.29, 1.82) is 0 Å². The van der Waals surface area contributed by atoms with E-state index in [1.165, 1.54) is 44.8 Å². The molecule has 56 heavy (non-hydrogen) atoms. The Hall–Kier alpha value is -6.92. The third-order valence-corrected chi connectivity index (χ3v) is 10.1. The van der Waals surface area contributed by atoms with Crippen LogP contribution in [0.5, 0.6) is 0 Å². The first kappa shape index (κ1) is 36.1. The monoisotopic (exact) mass is 728 g/mol. The van der Waals surface area contributed by atoms with E-state index in [-0.39, 0.29) is 0 Å². The lowest BCUT2D eigenvalue weighted by Gasteiger charge is -2.32. The van der Waals surface area contributed by atoms with Crippen LogP contribution in [0.1, 0.15) is 33.4 Å². The summed E-state index contributed by atoms with van der Waals surface area (Å²) in [4.78, 5) is 23.9. The largest absolute Gasteiger partial charge is 0.309 e. The van der Waals surface area contributed by atoms with Crippen LogP contribution >= 0.6 is 0 Å². The first-order valence-corrected chi connectivity index (χ1v) is 19.0. The van der Waals surface area contributed by atoms with Gasteiger partial charge in [-0.05, 0) is 111 Å². The Balaban J connectivity index is 1.30. The molecule has 6 aromatic carbocycles. The molecule has 0 aliphatic heterocycles. The normalized spacial score (nSPS) is 11.0. The highest BCUT2D eigenvalue weighted by Crippen LogP contribution is 2.44. The molecule has 274 valence electrons. The van der Waals surface area contributed by atoms with Crippen LogP contribution in [0.15, 0.2) is 158 Å². The maximum Gasteiger partial charge on any atom is 0.162 e. The van der Waals surface area contributed by atoms with Crippen LogP contribution in [0.25, 0.3) is 33.8 Å². The van der Waals surface area contributed by atoms with Crippen LogP contribution in [0, 0.1) is 41.5 Å². The predicted molar refractivity (Wildman–Crippen MR) is 232 cm³/mol. The molecule has 8 rings (SSSR count). The molecule has 8 aromatic rings. The number of benzene rings is 6. The van der Waals surface area contributed by atoms with Crippen molar-refractivity contribution in [2.75, 3.05) is 9.80 Å². The SMILES string of the molecule is Cc1cc(C)c(N(c2ccc(N(c3ccncn3)c3cc(-c4cccc(-c5ccccc5)c4)nc(-c4ccccc4)n3)cc2)c2c(C)cc(C)cc2C)c(C)c1. The fourth-order valence-corrected chi connectivity index (χ4v) is 7.87. The molecule has 0 radical (unpaired) electrons. The number of hydrogen-bond donors (Lipinski definition) is 0. The molecule has 0 amide bonds. The summed E-state index contributed by atoms with van der Waals surface area (Å²) in [5, 5.41) is 0. The number of aryl methyl sites for hydroxylation is 6. The van der Waals surface area contributed by atoms with E-state index in [0.717, 1.165) is 39.3 Å². The average Bonchev–Trinajstić information content (AvgIpc) is 3.21. The van der Waals surface area contributed by atoms with Crippen LogP contribution in [0.3, 0.4) is 0 Å². The van der Waals surface area contributed by atoms with Gasteiger partial charge in [-0.2, -0.15) is 0 Å². The molecule has 6 heteroatoms. The van der Waals surface area contributed by atoms with E-state index in [1.54, 1.807) is 12.5 Å². The summed E-state index contributed by atoms with van der Waals surface area (Å²) in [6.07, 6.45) is 3.34. The molecular formula is C50H44N6. The molecule has 0 aliphatic rings. The van der Waals surface area contributed by atoms with Gasteiger partial charge in [0.2, 0.25) is 0 Å². The van der Waals surface area contributed by atoms with Gasteiger partial charge >= 0.3 is 0 Å². The van der Waals surface area contributed by atoms with Crippen molar-refractivity contribution >= 4 is 34.4 Å². The minimum atomic E-state index is 0.626. The predicted octanol–water partition coefficient (Wildman–Crippen LogP) is 13.1. The van der Waals surface area contributed by atoms with Gasteiger partial charge in [0, 0.05) is 34.8 Å². The van der Waals surface area contributed by atoms with Gasteiger partial charge in [-0.15, -0.1) is 0 Å². The topological polar surface area (TPSA) is 58.0 Å². The summed E-state index contributed by atoms with van der Waals surface area (Å²) < 4.78 is 0. The van der Waals surface area contributed by atoms with Crippen molar-refractivity contribution in [3.8, 4) is 33.8 Å². The number of nitrogens with zero attached hydrogens (tertiary/aromatic N) is 6. The summed E-state index contributed by atoms with van der Waals surface area (Å²) in [5.41, 5.74) is 16.8. The van der Waals surface area contributed by atoms with Gasteiger partial charge in [0.05, 0.1) is 17.1 Å². The molecule has 0 atom stereocenters. The van der Waals surface area contributed by atoms with E-state index < -0.39 is 0 Å². The van der Waals surface area contributed by atoms with Gasteiger partial charge in [0.1, 0.15) is 18.0 Å². The summed E-state index contributed by atoms with van der Waals surface area (Å²) in [7, 11) is 0. The van der Waals surface area contributed by atoms with Gasteiger partial charge < -0.3 is 4.90 Å². The molecule has 0 N–H and O–H groups in total. The smallest absolute Gasteiger partial charge is 0.162 e. The highest BCUT2D eigenvalue weighted by atomic mass is 15.3. The van der Waals surface area contributed by atoms with Crippen molar-refractivity contribution in [3.05, 3.63) is 191 Å². The van der Waals surface area contributed by atoms with Crippen molar-refractivity contribution in [2.24, 2.45) is 0 Å². The number of rotatable bonds is 9. The zero-order valence-corrected chi connectivity index (χ0v) is 32.7. The fourth-order valence-electron chi connectivity index (χ4n) is 7.87. The highest BCUT2D eigenvalue weighted by Gasteiger charge is 2.23. The van der Waals surface area contributed by atoms with Crippen LogP contribution in [-0.4, -0.2) is 19.9 Å². The molecule has 0 spiro atoms. The molecule has 0 bridgehead atoms. The minimum Gasteiger partial charge on any atom is -0.309 e. The van der Waals surface area contributed by atoms with Crippen LogP contribution in [0.2, 0.25) is 0 Å². The Morgan fingerprint density at radius 1 is 0.411 bits per heavy atom. The number of anilines is 6. The van der Waals surface area contributed by atoms with Crippen molar-refractivity contribution in [1.82, 2.24) is 19.9 Å². The Morgan fingerprint density at radius 3 is 1.48 bits per heavy atom. The van der Waals surface area contributed by atoms with Crippen molar-refractivity contribution < 1.29 is 0 Å². The lowest BCUT2D eigenvalue weighted by Crippen LogP contribution is -2.17. The van der Waals surface area contributed by atoms with E-state index in [9.17, 15) is 0 Å². The number of hydrogen-bond acceptors (Lipinski definition) is 6. The van der Waals surface area contributed by atoms with Gasteiger partial charge in [-0.3, -0.25) is 4.90 Å². The van der Waals surface area contributed by atoms with Gasteiger partial charge in [-0.25, -0.2) is 19.9 Å². The summed E-state index contributed by atoms with van der Waals surface area (Å²) >= 11 is 0. The Labute approximate surface area is 329 Å². The first-order valence-electron chi connectivity index (χ1n) is 19.0. The van der Waals surface area contributed by atoms with Crippen molar-refractivity contribution in [2.45, 2.75) is 41.5 Å². The maximum absolute atomic E-state index is 5.22. The quantitative estimate of drug-likeness (QED) is 0.147. The third-order valence-electron chi connectivity index (χ3n) is 10.1. The second kappa shape index (κ2) is 15.4. The summed E-state index contributed by atoms with van der Waals surface area (Å²) in [6.45, 7) is 13.2. The standard InChI is InChI=1S/C50H44N6/c1-33-26-35(3)48(36(4)27-33)56(49-37(5)28-34(2)29-38(49)6)44-22-20-43(21-23-44)55(46-24-25-51-32-52-46)47-31-45(53-50(54-47)40-16-11-8-12-17-40)42-19-13-18-41(30-42)39-14-9-7-10-15-39/h7-32H,1-6H3. The van der Waals surface area contributed by atoms with E-state index in [0.29, 0.717) is 17.5 Å². The van der Waals surface area contributed by atoms with E-state index >= 15 is 0 Å².